The summed E-state index contributed by atoms with van der Waals surface area (Å²) in [6.07, 6.45) is -3.11. The van der Waals surface area contributed by atoms with Crippen LogP contribution in [0.1, 0.15) is 33.3 Å². The van der Waals surface area contributed by atoms with Gasteiger partial charge in [-0.25, -0.2) is 0 Å². The molecule has 9 heteroatoms. The number of anilines is 1. The van der Waals surface area contributed by atoms with Gasteiger partial charge in [-0.05, 0) is 50.9 Å². The van der Waals surface area contributed by atoms with Crippen molar-refractivity contribution in [2.45, 2.75) is 45.3 Å². The van der Waals surface area contributed by atoms with Gasteiger partial charge in [-0.1, -0.05) is 6.08 Å². The first-order valence-electron chi connectivity index (χ1n) is 7.76. The largest absolute Gasteiger partial charge is 0.573 e. The van der Waals surface area contributed by atoms with Crippen LogP contribution in [0.3, 0.4) is 0 Å². The third kappa shape index (κ3) is 4.48. The number of halogens is 3. The molecule has 138 valence electrons. The van der Waals surface area contributed by atoms with E-state index in [2.05, 4.69) is 4.74 Å². The van der Waals surface area contributed by atoms with Crippen molar-refractivity contribution in [1.29, 1.82) is 0 Å². The summed E-state index contributed by atoms with van der Waals surface area (Å²) in [5.74, 6) is -0.382. The van der Waals surface area contributed by atoms with E-state index in [1.807, 2.05) is 27.7 Å². The Morgan fingerprint density at radius 2 is 1.76 bits per heavy atom. The molecule has 0 bridgehead atoms. The molecule has 25 heavy (non-hydrogen) atoms. The third-order valence-electron chi connectivity index (χ3n) is 4.42. The van der Waals surface area contributed by atoms with Gasteiger partial charge in [-0.3, -0.25) is 0 Å². The molecule has 0 amide bonds. The number of alkyl halides is 3. The second-order valence-corrected chi connectivity index (χ2v) is 6.85. The van der Waals surface area contributed by atoms with Crippen LogP contribution in [-0.2, 0) is 9.31 Å². The molecule has 1 aliphatic rings. The molecule has 1 aromatic carbocycles. The van der Waals surface area contributed by atoms with E-state index in [0.717, 1.165) is 6.07 Å². The number of nitrogen functional groups attached to an aromatic ring is 1. The number of hydrogen-bond donors (Lipinski definition) is 2. The zero-order chi connectivity index (χ0) is 19.0. The summed E-state index contributed by atoms with van der Waals surface area (Å²) in [6.45, 7) is 7.81. The van der Waals surface area contributed by atoms with Crippen LogP contribution in [0.4, 0.5) is 18.9 Å². The first-order chi connectivity index (χ1) is 11.3. The van der Waals surface area contributed by atoms with Gasteiger partial charge in [0.1, 0.15) is 5.75 Å². The number of rotatable bonds is 4. The average Bonchev–Trinajstić information content (AvgIpc) is 2.64. The highest BCUT2D eigenvalue weighted by Gasteiger charge is 2.52. The molecule has 1 heterocycles. The lowest BCUT2D eigenvalue weighted by Gasteiger charge is -2.32. The lowest BCUT2D eigenvalue weighted by atomic mass is 9.77. The minimum absolute atomic E-state index is 0.129. The van der Waals surface area contributed by atoms with Gasteiger partial charge in [-0.15, -0.1) is 13.2 Å². The molecule has 0 saturated carbocycles. The molecule has 5 nitrogen and oxygen atoms in total. The molecule has 0 atom stereocenters. The molecule has 0 aromatic heterocycles. The Labute approximate surface area is 145 Å². The maximum atomic E-state index is 12.3. The molecule has 0 aliphatic carbocycles. The lowest BCUT2D eigenvalue weighted by Crippen LogP contribution is -2.41. The second kappa shape index (κ2) is 6.55. The Bertz CT molecular complexity index is 659. The molecule has 0 spiro atoms. The second-order valence-electron chi connectivity index (χ2n) is 6.85. The van der Waals surface area contributed by atoms with Gasteiger partial charge in [0.25, 0.3) is 0 Å². The summed E-state index contributed by atoms with van der Waals surface area (Å²) in [5.41, 5.74) is 11.8. The van der Waals surface area contributed by atoms with E-state index in [-0.39, 0.29) is 18.0 Å². The summed E-state index contributed by atoms with van der Waals surface area (Å²) < 4.78 is 52.5. The van der Waals surface area contributed by atoms with Gasteiger partial charge in [-0.2, -0.15) is 0 Å². The fourth-order valence-electron chi connectivity index (χ4n) is 2.30. The molecular weight excluding hydrogens is 336 g/mol. The van der Waals surface area contributed by atoms with Gasteiger partial charge < -0.3 is 25.5 Å². The van der Waals surface area contributed by atoms with Crippen molar-refractivity contribution in [2.75, 3.05) is 12.3 Å². The maximum absolute atomic E-state index is 12.3. The Kier molecular flexibility index (Phi) is 5.14. The van der Waals surface area contributed by atoms with Crippen molar-refractivity contribution in [3.8, 4) is 5.75 Å². The van der Waals surface area contributed by atoms with E-state index in [1.54, 1.807) is 6.08 Å². The molecule has 4 N–H and O–H groups in total. The van der Waals surface area contributed by atoms with Crippen LogP contribution < -0.4 is 16.2 Å². The van der Waals surface area contributed by atoms with E-state index >= 15 is 0 Å². The van der Waals surface area contributed by atoms with Crippen LogP contribution in [0.2, 0.25) is 0 Å². The summed E-state index contributed by atoms with van der Waals surface area (Å²) in [7, 11) is -0.652. The van der Waals surface area contributed by atoms with Crippen LogP contribution >= 0.6 is 0 Å². The van der Waals surface area contributed by atoms with Crippen molar-refractivity contribution >= 4 is 18.9 Å². The molecule has 1 aliphatic heterocycles. The molecule has 1 aromatic rings. The molecular formula is C16H22BF3N2O3. The third-order valence-corrected chi connectivity index (χ3v) is 4.42. The normalized spacial score (nSPS) is 20.0. The monoisotopic (exact) mass is 358 g/mol. The summed E-state index contributed by atoms with van der Waals surface area (Å²) in [4.78, 5) is 0. The van der Waals surface area contributed by atoms with Crippen molar-refractivity contribution in [1.82, 2.24) is 0 Å². The van der Waals surface area contributed by atoms with Crippen LogP contribution in [0, 0.1) is 0 Å². The number of hydrogen-bond acceptors (Lipinski definition) is 5. The first kappa shape index (κ1) is 19.6. The van der Waals surface area contributed by atoms with Gasteiger partial charge in [0.2, 0.25) is 0 Å². The topological polar surface area (TPSA) is 79.7 Å². The Morgan fingerprint density at radius 1 is 1.20 bits per heavy atom. The fraction of sp³-hybridized carbons (Fsp3) is 0.500. The van der Waals surface area contributed by atoms with Gasteiger partial charge in [0.15, 0.2) is 0 Å². The van der Waals surface area contributed by atoms with Crippen LogP contribution in [-0.4, -0.2) is 31.2 Å². The minimum atomic E-state index is -4.77. The van der Waals surface area contributed by atoms with E-state index in [9.17, 15) is 13.2 Å². The number of benzene rings is 1. The molecule has 2 rings (SSSR count). The Hall–Kier alpha value is -1.71. The standard InChI is InChI=1S/C16H22BF3N2O3/c1-14(2)15(3,4)25-17(24-14)11(9-21)7-10-5-6-12(8-13(10)22)23-16(18,19)20/h5-8H,9,21-22H2,1-4H3. The smallest absolute Gasteiger partial charge is 0.406 e. The van der Waals surface area contributed by atoms with Crippen LogP contribution in [0.25, 0.3) is 6.08 Å². The van der Waals surface area contributed by atoms with Gasteiger partial charge in [0, 0.05) is 18.3 Å². The highest BCUT2D eigenvalue weighted by molar-refractivity contribution is 6.56. The summed E-state index contributed by atoms with van der Waals surface area (Å²) in [5, 5.41) is 0. The average molecular weight is 358 g/mol. The van der Waals surface area contributed by atoms with Crippen molar-refractivity contribution in [3.05, 3.63) is 29.2 Å². The summed E-state index contributed by atoms with van der Waals surface area (Å²) in [6, 6.07) is 3.73. The quantitative estimate of drug-likeness (QED) is 0.639. The fourth-order valence-corrected chi connectivity index (χ4v) is 2.30. The van der Waals surface area contributed by atoms with Crippen LogP contribution in [0.15, 0.2) is 23.7 Å². The predicted octanol–water partition coefficient (Wildman–Crippen LogP) is 3.14. The zero-order valence-electron chi connectivity index (χ0n) is 14.6. The summed E-state index contributed by atoms with van der Waals surface area (Å²) >= 11 is 0. The highest BCUT2D eigenvalue weighted by Crippen LogP contribution is 2.39. The van der Waals surface area contributed by atoms with Gasteiger partial charge in [0.05, 0.1) is 11.2 Å². The van der Waals surface area contributed by atoms with Gasteiger partial charge >= 0.3 is 13.5 Å². The first-order valence-corrected chi connectivity index (χ1v) is 7.76. The van der Waals surface area contributed by atoms with Crippen molar-refractivity contribution in [3.63, 3.8) is 0 Å². The van der Waals surface area contributed by atoms with Crippen molar-refractivity contribution < 1.29 is 27.2 Å². The van der Waals surface area contributed by atoms with Crippen molar-refractivity contribution in [2.24, 2.45) is 5.73 Å². The van der Waals surface area contributed by atoms with E-state index in [1.165, 1.54) is 12.1 Å². The lowest BCUT2D eigenvalue weighted by molar-refractivity contribution is -0.274. The minimum Gasteiger partial charge on any atom is -0.406 e. The van der Waals surface area contributed by atoms with E-state index in [4.69, 9.17) is 20.8 Å². The molecule has 1 fully saturated rings. The number of nitrogens with two attached hydrogens (primary N) is 2. The Morgan fingerprint density at radius 3 is 2.20 bits per heavy atom. The molecule has 0 unspecified atom stereocenters. The maximum Gasteiger partial charge on any atom is 0.573 e. The van der Waals surface area contributed by atoms with E-state index in [0.29, 0.717) is 11.0 Å². The SMILES string of the molecule is CC1(C)OB(C(=Cc2ccc(OC(F)(F)F)cc2N)CN)OC1(C)C. The molecule has 0 radical (unpaired) electrons. The van der Waals surface area contributed by atoms with Crippen LogP contribution in [0.5, 0.6) is 5.75 Å². The zero-order valence-corrected chi connectivity index (χ0v) is 14.6. The highest BCUT2D eigenvalue weighted by atomic mass is 19.4. The molecule has 1 saturated heterocycles. The predicted molar refractivity (Wildman–Crippen MR) is 90.7 cm³/mol. The number of ether oxygens (including phenoxy) is 1. The Balaban J connectivity index is 2.26. The van der Waals surface area contributed by atoms with E-state index < -0.39 is 24.7 Å².